The fourth-order valence-corrected chi connectivity index (χ4v) is 5.47. The lowest BCUT2D eigenvalue weighted by Crippen LogP contribution is -2.26. The van der Waals surface area contributed by atoms with Gasteiger partial charge in [-0.05, 0) is 48.5 Å². The minimum absolute atomic E-state index is 0.0405. The maximum Gasteiger partial charge on any atom is 0.279 e. The van der Waals surface area contributed by atoms with E-state index in [0.29, 0.717) is 20.8 Å². The number of carbonyl (C=O) groups excluding carboxylic acids is 1. The molecular formula is C23H20FN3O4S2. The van der Waals surface area contributed by atoms with Crippen LogP contribution in [-0.2, 0) is 23.1 Å². The summed E-state index contributed by atoms with van der Waals surface area (Å²) in [7, 11) is -2.33. The minimum atomic E-state index is -3.78. The number of benzene rings is 2. The van der Waals surface area contributed by atoms with Crippen molar-refractivity contribution in [1.29, 1.82) is 0 Å². The van der Waals surface area contributed by atoms with Gasteiger partial charge in [0, 0.05) is 19.2 Å². The second-order valence-corrected chi connectivity index (χ2v) is 10.2. The summed E-state index contributed by atoms with van der Waals surface area (Å²) in [5.74, 6) is -0.459. The molecule has 4 rings (SSSR count). The zero-order chi connectivity index (χ0) is 23.6. The van der Waals surface area contributed by atoms with Crippen LogP contribution < -0.4 is 4.80 Å². The molecule has 0 fully saturated rings. The summed E-state index contributed by atoms with van der Waals surface area (Å²) in [4.78, 5) is 17.3. The van der Waals surface area contributed by atoms with Gasteiger partial charge in [-0.3, -0.25) is 4.79 Å². The largest absolute Gasteiger partial charge is 0.468 e. The van der Waals surface area contributed by atoms with E-state index in [1.165, 1.54) is 55.0 Å². The van der Waals surface area contributed by atoms with Crippen LogP contribution in [0.25, 0.3) is 10.2 Å². The van der Waals surface area contributed by atoms with Gasteiger partial charge in [-0.2, -0.15) is 9.30 Å². The van der Waals surface area contributed by atoms with Crippen molar-refractivity contribution in [3.05, 3.63) is 95.5 Å². The Morgan fingerprint density at radius 1 is 1.21 bits per heavy atom. The van der Waals surface area contributed by atoms with Gasteiger partial charge < -0.3 is 8.98 Å². The van der Waals surface area contributed by atoms with Crippen molar-refractivity contribution < 1.29 is 22.0 Å². The van der Waals surface area contributed by atoms with E-state index in [4.69, 9.17) is 4.42 Å². The van der Waals surface area contributed by atoms with Crippen molar-refractivity contribution >= 4 is 37.5 Å². The Hall–Kier alpha value is -3.34. The molecular weight excluding hydrogens is 465 g/mol. The number of sulfonamides is 1. The monoisotopic (exact) mass is 485 g/mol. The highest BCUT2D eigenvalue weighted by atomic mass is 32.2. The molecule has 0 N–H and O–H groups in total. The fraction of sp³-hybridized carbons (Fsp3) is 0.130. The molecule has 0 atom stereocenters. The third-order valence-corrected chi connectivity index (χ3v) is 7.79. The molecule has 7 nitrogen and oxygen atoms in total. The van der Waals surface area contributed by atoms with Gasteiger partial charge in [-0.1, -0.05) is 23.5 Å². The number of hydrogen-bond acceptors (Lipinski definition) is 5. The zero-order valence-corrected chi connectivity index (χ0v) is 19.3. The van der Waals surface area contributed by atoms with Crippen LogP contribution >= 0.6 is 11.3 Å². The zero-order valence-electron chi connectivity index (χ0n) is 17.6. The average molecular weight is 486 g/mol. The molecule has 0 aliphatic carbocycles. The van der Waals surface area contributed by atoms with Crippen LogP contribution in [0.4, 0.5) is 4.39 Å². The fourth-order valence-electron chi connectivity index (χ4n) is 3.28. The van der Waals surface area contributed by atoms with Crippen LogP contribution in [0.3, 0.4) is 0 Å². The van der Waals surface area contributed by atoms with E-state index in [1.807, 2.05) is 0 Å². The Balaban J connectivity index is 1.63. The maximum absolute atomic E-state index is 14.3. The summed E-state index contributed by atoms with van der Waals surface area (Å²) >= 11 is 1.19. The number of nitrogens with zero attached hydrogens (tertiary/aromatic N) is 3. The standard InChI is InChI=1S/C23H20FN3O4S2/c1-3-13-27-21-19(24)7-4-8-20(21)32-23(27)25-22(28)16-9-11-18(12-10-16)33(29,30)26(2)15-17-6-5-14-31-17/h3-12,14H,1,13,15H2,2H3. The third-order valence-electron chi connectivity index (χ3n) is 4.93. The van der Waals surface area contributed by atoms with Gasteiger partial charge in [0.1, 0.15) is 11.6 Å². The lowest BCUT2D eigenvalue weighted by molar-refractivity contribution is 0.0997. The van der Waals surface area contributed by atoms with Gasteiger partial charge in [-0.15, -0.1) is 6.58 Å². The molecule has 2 aromatic carbocycles. The van der Waals surface area contributed by atoms with E-state index in [0.717, 1.165) is 4.31 Å². The average Bonchev–Trinajstić information content (AvgIpc) is 3.43. The van der Waals surface area contributed by atoms with Crippen molar-refractivity contribution in [2.24, 2.45) is 4.99 Å². The number of aromatic nitrogens is 1. The molecule has 0 unspecified atom stereocenters. The number of hydrogen-bond donors (Lipinski definition) is 0. The van der Waals surface area contributed by atoms with Gasteiger partial charge in [0.2, 0.25) is 10.0 Å². The van der Waals surface area contributed by atoms with Crippen LogP contribution in [0.2, 0.25) is 0 Å². The maximum atomic E-state index is 14.3. The van der Waals surface area contributed by atoms with Crippen LogP contribution in [0.15, 0.2) is 87.8 Å². The SMILES string of the molecule is C=CCn1c(=NC(=O)c2ccc(S(=O)(=O)N(C)Cc3ccco3)cc2)sc2cccc(F)c21. The molecule has 1 amide bonds. The first-order valence-electron chi connectivity index (χ1n) is 9.88. The van der Waals surface area contributed by atoms with Crippen molar-refractivity contribution in [1.82, 2.24) is 8.87 Å². The van der Waals surface area contributed by atoms with E-state index < -0.39 is 21.7 Å². The van der Waals surface area contributed by atoms with Crippen molar-refractivity contribution in [2.45, 2.75) is 18.0 Å². The molecule has 10 heteroatoms. The normalized spacial score (nSPS) is 12.5. The van der Waals surface area contributed by atoms with Crippen molar-refractivity contribution in [2.75, 3.05) is 7.05 Å². The Morgan fingerprint density at radius 3 is 2.64 bits per heavy atom. The number of allylic oxidation sites excluding steroid dienone is 1. The van der Waals surface area contributed by atoms with E-state index in [2.05, 4.69) is 11.6 Å². The summed E-state index contributed by atoms with van der Waals surface area (Å²) in [6, 6.07) is 13.6. The number of furan rings is 1. The van der Waals surface area contributed by atoms with Crippen LogP contribution in [0, 0.1) is 5.82 Å². The topological polar surface area (TPSA) is 84.9 Å². The molecule has 33 heavy (non-hydrogen) atoms. The summed E-state index contributed by atoms with van der Waals surface area (Å²) in [5, 5.41) is 0. The number of thiazole rings is 1. The molecule has 0 spiro atoms. The number of fused-ring (bicyclic) bond motifs is 1. The molecule has 0 saturated carbocycles. The quantitative estimate of drug-likeness (QED) is 0.368. The van der Waals surface area contributed by atoms with Gasteiger partial charge in [0.25, 0.3) is 5.91 Å². The smallest absolute Gasteiger partial charge is 0.279 e. The van der Waals surface area contributed by atoms with Gasteiger partial charge in [0.05, 0.1) is 27.9 Å². The third kappa shape index (κ3) is 4.58. The highest BCUT2D eigenvalue weighted by Gasteiger charge is 2.22. The van der Waals surface area contributed by atoms with E-state index in [9.17, 15) is 17.6 Å². The predicted octanol–water partition coefficient (Wildman–Crippen LogP) is 4.18. The van der Waals surface area contributed by atoms with Crippen molar-refractivity contribution in [3.63, 3.8) is 0 Å². The molecule has 0 aliphatic rings. The van der Waals surface area contributed by atoms with E-state index >= 15 is 0 Å². The second kappa shape index (κ2) is 9.26. The molecule has 0 bridgehead atoms. The molecule has 0 aliphatic heterocycles. The summed E-state index contributed by atoms with van der Waals surface area (Å²) in [6.07, 6.45) is 3.07. The minimum Gasteiger partial charge on any atom is -0.468 e. The Labute approximate surface area is 193 Å². The van der Waals surface area contributed by atoms with Crippen LogP contribution in [0.5, 0.6) is 0 Å². The molecule has 0 saturated heterocycles. The number of rotatable bonds is 7. The molecule has 2 heterocycles. The molecule has 0 radical (unpaired) electrons. The van der Waals surface area contributed by atoms with Gasteiger partial charge in [-0.25, -0.2) is 12.8 Å². The molecule has 2 aromatic heterocycles. The predicted molar refractivity (Wildman–Crippen MR) is 124 cm³/mol. The Kier molecular flexibility index (Phi) is 6.41. The second-order valence-electron chi connectivity index (χ2n) is 7.15. The number of carbonyl (C=O) groups is 1. The molecule has 170 valence electrons. The first-order chi connectivity index (χ1) is 15.8. The van der Waals surface area contributed by atoms with E-state index in [-0.39, 0.29) is 23.5 Å². The highest BCUT2D eigenvalue weighted by molar-refractivity contribution is 7.89. The first-order valence-corrected chi connectivity index (χ1v) is 12.1. The molecule has 4 aromatic rings. The number of para-hydroxylation sites is 1. The lowest BCUT2D eigenvalue weighted by Gasteiger charge is -2.16. The number of amides is 1. The Bertz CT molecular complexity index is 1480. The summed E-state index contributed by atoms with van der Waals surface area (Å²) < 4.78 is 48.6. The number of halogens is 1. The van der Waals surface area contributed by atoms with Crippen LogP contribution in [0.1, 0.15) is 16.1 Å². The van der Waals surface area contributed by atoms with Gasteiger partial charge >= 0.3 is 0 Å². The Morgan fingerprint density at radius 2 is 1.97 bits per heavy atom. The van der Waals surface area contributed by atoms with Gasteiger partial charge in [0.15, 0.2) is 4.80 Å². The van der Waals surface area contributed by atoms with Crippen LogP contribution in [-0.4, -0.2) is 30.2 Å². The summed E-state index contributed by atoms with van der Waals surface area (Å²) in [5.41, 5.74) is 0.570. The van der Waals surface area contributed by atoms with E-state index in [1.54, 1.807) is 34.9 Å². The lowest BCUT2D eigenvalue weighted by atomic mass is 10.2. The van der Waals surface area contributed by atoms with Crippen molar-refractivity contribution in [3.8, 4) is 0 Å². The highest BCUT2D eigenvalue weighted by Crippen LogP contribution is 2.21. The summed E-state index contributed by atoms with van der Waals surface area (Å²) in [6.45, 7) is 4.05. The first kappa shape index (κ1) is 22.8.